The Balaban J connectivity index is 1.75. The third kappa shape index (κ3) is 6.89. The molecule has 1 aromatic carbocycles. The molecule has 6 heteroatoms. The second-order valence-corrected chi connectivity index (χ2v) is 6.43. The number of aromatic nitrogens is 1. The van der Waals surface area contributed by atoms with Crippen LogP contribution in [0.15, 0.2) is 52.6 Å². The average molecular weight is 372 g/mol. The first kappa shape index (κ1) is 20.7. The highest BCUT2D eigenvalue weighted by Crippen LogP contribution is 2.19. The molecule has 146 valence electrons. The highest BCUT2D eigenvalue weighted by atomic mass is 19.1. The minimum Gasteiger partial charge on any atom is -0.444 e. The minimum atomic E-state index is -0.272. The molecular weight excluding hydrogens is 343 g/mol. The Morgan fingerprint density at radius 2 is 2.07 bits per heavy atom. The van der Waals surface area contributed by atoms with E-state index >= 15 is 0 Å². The minimum absolute atomic E-state index is 0.272. The van der Waals surface area contributed by atoms with Gasteiger partial charge in [-0.05, 0) is 43.5 Å². The summed E-state index contributed by atoms with van der Waals surface area (Å²) in [4.78, 5) is 10.9. The molecule has 2 rings (SSSR count). The van der Waals surface area contributed by atoms with Crippen molar-refractivity contribution in [3.05, 3.63) is 54.7 Å². The highest BCUT2D eigenvalue weighted by Gasteiger charge is 2.08. The molecule has 0 bridgehead atoms. The first-order chi connectivity index (χ1) is 13.1. The Morgan fingerprint density at radius 3 is 2.78 bits per heavy atom. The first-order valence-electron chi connectivity index (χ1n) is 9.37. The topological polar surface area (TPSA) is 53.7 Å². The summed E-state index contributed by atoms with van der Waals surface area (Å²) < 4.78 is 18.5. The van der Waals surface area contributed by atoms with Crippen LogP contribution in [0.4, 0.5) is 4.39 Å². The van der Waals surface area contributed by atoms with E-state index in [1.807, 2.05) is 13.1 Å². The molecule has 27 heavy (non-hydrogen) atoms. The molecule has 0 amide bonds. The number of hydrogen-bond acceptors (Lipinski definition) is 3. The third-order valence-electron chi connectivity index (χ3n) is 4.28. The van der Waals surface area contributed by atoms with Crippen LogP contribution in [0.3, 0.4) is 0 Å². The first-order valence-corrected chi connectivity index (χ1v) is 9.37. The zero-order valence-electron chi connectivity index (χ0n) is 16.2. The Labute approximate surface area is 161 Å². The normalized spacial score (nSPS) is 11.4. The van der Waals surface area contributed by atoms with Gasteiger partial charge in [0.25, 0.3) is 0 Å². The van der Waals surface area contributed by atoms with E-state index < -0.39 is 0 Å². The Morgan fingerprint density at radius 1 is 1.30 bits per heavy atom. The highest BCUT2D eigenvalue weighted by molar-refractivity contribution is 5.79. The Bertz CT molecular complexity index is 724. The largest absolute Gasteiger partial charge is 0.444 e. The van der Waals surface area contributed by atoms with Gasteiger partial charge in [0.2, 0.25) is 5.89 Å². The number of aliphatic imine (C=N–C) groups is 1. The van der Waals surface area contributed by atoms with Crippen molar-refractivity contribution >= 4 is 5.96 Å². The van der Waals surface area contributed by atoms with Crippen LogP contribution in [-0.2, 0) is 6.42 Å². The number of nitrogens with zero attached hydrogens (tertiary/aromatic N) is 3. The summed E-state index contributed by atoms with van der Waals surface area (Å²) >= 11 is 0. The van der Waals surface area contributed by atoms with Gasteiger partial charge in [0.1, 0.15) is 12.1 Å². The molecule has 5 nitrogen and oxygen atoms in total. The lowest BCUT2D eigenvalue weighted by atomic mass is 10.2. The average Bonchev–Trinajstić information content (AvgIpc) is 3.14. The molecule has 0 spiro atoms. The fraction of sp³-hybridized carbons (Fsp3) is 0.429. The van der Waals surface area contributed by atoms with E-state index in [-0.39, 0.29) is 5.82 Å². The van der Waals surface area contributed by atoms with Crippen LogP contribution < -0.4 is 5.32 Å². The summed E-state index contributed by atoms with van der Waals surface area (Å²) in [6.45, 7) is 5.43. The van der Waals surface area contributed by atoms with Crippen LogP contribution in [0.1, 0.15) is 31.4 Å². The maximum absolute atomic E-state index is 13.0. The number of unbranched alkanes of at least 4 members (excludes halogenated alkanes) is 3. The molecule has 0 aliphatic heterocycles. The molecule has 0 aliphatic carbocycles. The molecule has 1 aromatic heterocycles. The van der Waals surface area contributed by atoms with E-state index in [0.29, 0.717) is 12.4 Å². The van der Waals surface area contributed by atoms with Gasteiger partial charge in [0.15, 0.2) is 5.96 Å². The van der Waals surface area contributed by atoms with Gasteiger partial charge in [-0.1, -0.05) is 12.5 Å². The van der Waals surface area contributed by atoms with E-state index in [1.165, 1.54) is 25.0 Å². The van der Waals surface area contributed by atoms with Crippen LogP contribution >= 0.6 is 0 Å². The molecular formula is C21H29FN4O. The van der Waals surface area contributed by atoms with Gasteiger partial charge in [-0.25, -0.2) is 9.37 Å². The van der Waals surface area contributed by atoms with Crippen molar-refractivity contribution in [3.8, 4) is 11.5 Å². The zero-order valence-corrected chi connectivity index (χ0v) is 16.2. The molecule has 0 radical (unpaired) electrons. The SMILES string of the molecule is C=CCCCCCN(C)C(=NC)NCCc1coc(-c2ccc(F)cc2)n1. The Kier molecular flexibility index (Phi) is 8.55. The summed E-state index contributed by atoms with van der Waals surface area (Å²) in [7, 11) is 3.84. The van der Waals surface area contributed by atoms with Crippen LogP contribution in [0.5, 0.6) is 0 Å². The number of hydrogen-bond donors (Lipinski definition) is 1. The quantitative estimate of drug-likeness (QED) is 0.293. The van der Waals surface area contributed by atoms with Gasteiger partial charge >= 0.3 is 0 Å². The van der Waals surface area contributed by atoms with Crippen molar-refractivity contribution in [3.63, 3.8) is 0 Å². The summed E-state index contributed by atoms with van der Waals surface area (Å²) in [6, 6.07) is 6.13. The number of benzene rings is 1. The molecule has 0 saturated heterocycles. The van der Waals surface area contributed by atoms with Crippen molar-refractivity contribution in [2.75, 3.05) is 27.2 Å². The fourth-order valence-corrected chi connectivity index (χ4v) is 2.75. The van der Waals surface area contributed by atoms with Crippen LogP contribution in [0.2, 0.25) is 0 Å². The summed E-state index contributed by atoms with van der Waals surface area (Å²) in [5.41, 5.74) is 1.62. The lowest BCUT2D eigenvalue weighted by Gasteiger charge is -2.21. The zero-order chi connectivity index (χ0) is 19.5. The van der Waals surface area contributed by atoms with E-state index in [2.05, 4.69) is 26.8 Å². The second kappa shape index (κ2) is 11.2. The molecule has 1 N–H and O–H groups in total. The van der Waals surface area contributed by atoms with Crippen molar-refractivity contribution < 1.29 is 8.81 Å². The van der Waals surface area contributed by atoms with Gasteiger partial charge in [-0.15, -0.1) is 6.58 Å². The number of guanidine groups is 1. The molecule has 0 atom stereocenters. The predicted octanol–water partition coefficient (Wildman–Crippen LogP) is 4.28. The molecule has 0 saturated carbocycles. The van der Waals surface area contributed by atoms with E-state index in [1.54, 1.807) is 25.4 Å². The van der Waals surface area contributed by atoms with Crippen LogP contribution in [-0.4, -0.2) is 43.0 Å². The fourth-order valence-electron chi connectivity index (χ4n) is 2.75. The summed E-state index contributed by atoms with van der Waals surface area (Å²) in [5, 5.41) is 3.35. The third-order valence-corrected chi connectivity index (χ3v) is 4.28. The number of allylic oxidation sites excluding steroid dienone is 1. The standard InChI is InChI=1S/C21H29FN4O/c1-4-5-6-7-8-15-26(3)21(23-2)24-14-13-19-16-27-20(25-19)17-9-11-18(22)12-10-17/h4,9-12,16H,1,5-8,13-15H2,2-3H3,(H,23,24). The molecule has 0 fully saturated rings. The van der Waals surface area contributed by atoms with E-state index in [0.717, 1.165) is 43.0 Å². The van der Waals surface area contributed by atoms with Crippen molar-refractivity contribution in [2.24, 2.45) is 4.99 Å². The number of halogens is 1. The van der Waals surface area contributed by atoms with E-state index in [9.17, 15) is 4.39 Å². The van der Waals surface area contributed by atoms with Crippen molar-refractivity contribution in [2.45, 2.75) is 32.1 Å². The van der Waals surface area contributed by atoms with E-state index in [4.69, 9.17) is 4.42 Å². The maximum Gasteiger partial charge on any atom is 0.226 e. The summed E-state index contributed by atoms with van der Waals surface area (Å²) in [6.07, 6.45) is 8.92. The lowest BCUT2D eigenvalue weighted by Crippen LogP contribution is -2.40. The molecule has 2 aromatic rings. The molecule has 1 heterocycles. The lowest BCUT2D eigenvalue weighted by molar-refractivity contribution is 0.455. The van der Waals surface area contributed by atoms with Crippen LogP contribution in [0.25, 0.3) is 11.5 Å². The smallest absolute Gasteiger partial charge is 0.226 e. The number of oxazole rings is 1. The number of nitrogens with one attached hydrogen (secondary N) is 1. The predicted molar refractivity (Wildman–Crippen MR) is 108 cm³/mol. The van der Waals surface area contributed by atoms with Crippen molar-refractivity contribution in [1.29, 1.82) is 0 Å². The Hall–Kier alpha value is -2.63. The second-order valence-electron chi connectivity index (χ2n) is 6.43. The van der Waals surface area contributed by atoms with Gasteiger partial charge < -0.3 is 14.6 Å². The van der Waals surface area contributed by atoms with Gasteiger partial charge in [0.05, 0.1) is 5.69 Å². The summed E-state index contributed by atoms with van der Waals surface area (Å²) in [5.74, 6) is 1.11. The molecule has 0 aliphatic rings. The van der Waals surface area contributed by atoms with Gasteiger partial charge in [0, 0.05) is 39.2 Å². The van der Waals surface area contributed by atoms with Gasteiger partial charge in [-0.3, -0.25) is 4.99 Å². The van der Waals surface area contributed by atoms with Gasteiger partial charge in [-0.2, -0.15) is 0 Å². The monoisotopic (exact) mass is 372 g/mol. The van der Waals surface area contributed by atoms with Crippen molar-refractivity contribution in [1.82, 2.24) is 15.2 Å². The molecule has 0 unspecified atom stereocenters. The van der Waals surface area contributed by atoms with Crippen LogP contribution in [0, 0.1) is 5.82 Å². The maximum atomic E-state index is 13.0. The number of rotatable bonds is 10.